The number of hydrogen-bond acceptors (Lipinski definition) is 6. The second-order valence-electron chi connectivity index (χ2n) is 6.30. The molecule has 0 unspecified atom stereocenters. The number of carbonyl (C=O) groups excluding carboxylic acids is 1. The van der Waals surface area contributed by atoms with E-state index < -0.39 is 17.1 Å². The van der Waals surface area contributed by atoms with E-state index in [4.69, 9.17) is 9.15 Å². The van der Waals surface area contributed by atoms with Crippen molar-refractivity contribution < 1.29 is 19.1 Å². The molecular weight excluding hydrogens is 362 g/mol. The topological polar surface area (TPSA) is 121 Å². The van der Waals surface area contributed by atoms with Crippen LogP contribution in [0.15, 0.2) is 51.8 Å². The minimum Gasteiger partial charge on any atom is -0.502 e. The smallest absolute Gasteiger partial charge is 0.337 e. The number of esters is 1. The van der Waals surface area contributed by atoms with Crippen LogP contribution in [0.2, 0.25) is 0 Å². The zero-order valence-electron chi connectivity index (χ0n) is 14.6. The normalized spacial score (nSPS) is 11.5. The van der Waals surface area contributed by atoms with Crippen molar-refractivity contribution in [2.45, 2.75) is 0 Å². The number of carbonyl (C=O) groups is 1. The third kappa shape index (κ3) is 2.14. The number of ether oxygens (including phenoxy) is 1. The van der Waals surface area contributed by atoms with E-state index in [1.165, 1.54) is 13.2 Å². The number of fused-ring (bicyclic) bond motifs is 4. The molecule has 3 N–H and O–H groups in total. The van der Waals surface area contributed by atoms with E-state index >= 15 is 0 Å². The van der Waals surface area contributed by atoms with Gasteiger partial charge in [0.15, 0.2) is 16.8 Å². The average molecular weight is 375 g/mol. The molecule has 0 amide bonds. The molecule has 3 heterocycles. The molecule has 0 aliphatic carbocycles. The summed E-state index contributed by atoms with van der Waals surface area (Å²) in [5, 5.41) is 17.3. The van der Waals surface area contributed by atoms with Gasteiger partial charge >= 0.3 is 5.97 Å². The predicted octanol–water partition coefficient (Wildman–Crippen LogP) is 3.31. The number of phenolic OH excluding ortho intramolecular Hbond substituents is 1. The highest BCUT2D eigenvalue weighted by atomic mass is 16.5. The molecule has 3 aromatic heterocycles. The number of benzene rings is 2. The molecule has 2 aromatic carbocycles. The van der Waals surface area contributed by atoms with Crippen molar-refractivity contribution in [1.82, 2.24) is 15.2 Å². The summed E-state index contributed by atoms with van der Waals surface area (Å²) in [4.78, 5) is 28.1. The van der Waals surface area contributed by atoms with Crippen LogP contribution in [0.5, 0.6) is 5.75 Å². The summed E-state index contributed by atoms with van der Waals surface area (Å²) in [6.07, 6.45) is 1.75. The molecule has 8 nitrogen and oxygen atoms in total. The van der Waals surface area contributed by atoms with E-state index in [1.807, 2.05) is 0 Å². The van der Waals surface area contributed by atoms with Gasteiger partial charge in [0, 0.05) is 17.1 Å². The summed E-state index contributed by atoms with van der Waals surface area (Å²) >= 11 is 0. The number of pyridine rings is 1. The molecule has 0 radical (unpaired) electrons. The van der Waals surface area contributed by atoms with Gasteiger partial charge in [-0.05, 0) is 29.8 Å². The maximum atomic E-state index is 11.8. The lowest BCUT2D eigenvalue weighted by Gasteiger charge is -2.06. The summed E-state index contributed by atoms with van der Waals surface area (Å²) in [5.74, 6) is -0.874. The highest BCUT2D eigenvalue weighted by molar-refractivity contribution is 6.15. The number of phenols is 1. The van der Waals surface area contributed by atoms with E-state index in [2.05, 4.69) is 15.2 Å². The second kappa shape index (κ2) is 5.71. The first kappa shape index (κ1) is 16.1. The van der Waals surface area contributed by atoms with Gasteiger partial charge in [-0.15, -0.1) is 0 Å². The highest BCUT2D eigenvalue weighted by Crippen LogP contribution is 2.40. The number of aromatic amines is 2. The summed E-state index contributed by atoms with van der Waals surface area (Å²) < 4.78 is 10.6. The molecule has 28 heavy (non-hydrogen) atoms. The van der Waals surface area contributed by atoms with Crippen LogP contribution in [0, 0.1) is 0 Å². The molecule has 5 rings (SSSR count). The van der Waals surface area contributed by atoms with Crippen molar-refractivity contribution >= 4 is 39.1 Å². The predicted molar refractivity (Wildman–Crippen MR) is 102 cm³/mol. The van der Waals surface area contributed by atoms with Crippen LogP contribution in [0.25, 0.3) is 44.2 Å². The van der Waals surface area contributed by atoms with Crippen LogP contribution in [-0.4, -0.2) is 33.4 Å². The Kier molecular flexibility index (Phi) is 3.29. The van der Waals surface area contributed by atoms with Crippen LogP contribution in [0.1, 0.15) is 10.4 Å². The minimum absolute atomic E-state index is 0.0964. The second-order valence-corrected chi connectivity index (χ2v) is 6.30. The van der Waals surface area contributed by atoms with Gasteiger partial charge in [0.05, 0.1) is 18.1 Å². The lowest BCUT2D eigenvalue weighted by atomic mass is 10.0. The Labute approximate surface area is 156 Å². The first-order valence-electron chi connectivity index (χ1n) is 8.41. The number of aromatic nitrogens is 3. The molecule has 0 saturated carbocycles. The van der Waals surface area contributed by atoms with Crippen LogP contribution < -0.4 is 5.43 Å². The Hall–Kier alpha value is -4.07. The monoisotopic (exact) mass is 375 g/mol. The summed E-state index contributed by atoms with van der Waals surface area (Å²) in [7, 11) is 1.33. The van der Waals surface area contributed by atoms with Crippen molar-refractivity contribution in [1.29, 1.82) is 0 Å². The number of hydrogen-bond donors (Lipinski definition) is 3. The lowest BCUT2D eigenvalue weighted by Crippen LogP contribution is -2.00. The number of furan rings is 1. The average Bonchev–Trinajstić information content (AvgIpc) is 3.33. The molecule has 138 valence electrons. The Morgan fingerprint density at radius 1 is 1.11 bits per heavy atom. The zero-order valence-corrected chi connectivity index (χ0v) is 14.6. The number of aromatic hydroxyl groups is 1. The maximum absolute atomic E-state index is 11.8. The standard InChI is InChI=1S/C20H13N3O5/c1-27-20(26)10-4-2-9(3-5-10)14-12-8-21-23-19(12)22-15-11-6-7-13(24)16(25)17(11)28-18(14)15/h2-8,25H,1H3,(H2,21,22,23). The maximum Gasteiger partial charge on any atom is 0.337 e. The molecule has 0 aliphatic heterocycles. The lowest BCUT2D eigenvalue weighted by molar-refractivity contribution is 0.0601. The van der Waals surface area contributed by atoms with Crippen molar-refractivity contribution in [2.75, 3.05) is 7.11 Å². The molecule has 0 saturated heterocycles. The van der Waals surface area contributed by atoms with Crippen LogP contribution in [-0.2, 0) is 4.74 Å². The van der Waals surface area contributed by atoms with E-state index in [1.54, 1.807) is 36.5 Å². The minimum atomic E-state index is -0.519. The van der Waals surface area contributed by atoms with E-state index in [0.29, 0.717) is 27.7 Å². The van der Waals surface area contributed by atoms with Gasteiger partial charge in [-0.2, -0.15) is 0 Å². The van der Waals surface area contributed by atoms with Gasteiger partial charge in [0.25, 0.3) is 0 Å². The fourth-order valence-electron chi connectivity index (χ4n) is 3.40. The summed E-state index contributed by atoms with van der Waals surface area (Å²) in [6, 6.07) is 9.74. The first-order chi connectivity index (χ1) is 13.6. The van der Waals surface area contributed by atoms with E-state index in [-0.39, 0.29) is 5.58 Å². The van der Waals surface area contributed by atoms with Gasteiger partial charge < -0.3 is 19.4 Å². The fourth-order valence-corrected chi connectivity index (χ4v) is 3.40. The molecular formula is C20H13N3O5. The molecule has 0 spiro atoms. The molecule has 5 aromatic rings. The Morgan fingerprint density at radius 3 is 2.64 bits per heavy atom. The fraction of sp³-hybridized carbons (Fsp3) is 0.0500. The van der Waals surface area contributed by atoms with Gasteiger partial charge in [-0.1, -0.05) is 12.1 Å². The number of rotatable bonds is 2. The van der Waals surface area contributed by atoms with E-state index in [9.17, 15) is 14.7 Å². The Balaban J connectivity index is 1.88. The molecule has 0 atom stereocenters. The first-order valence-corrected chi connectivity index (χ1v) is 8.41. The molecule has 0 fully saturated rings. The van der Waals surface area contributed by atoms with Crippen molar-refractivity contribution in [3.05, 3.63) is 58.4 Å². The third-order valence-corrected chi connectivity index (χ3v) is 4.75. The summed E-state index contributed by atoms with van der Waals surface area (Å²) in [6.45, 7) is 0. The number of nitrogens with one attached hydrogen (secondary N) is 2. The van der Waals surface area contributed by atoms with Crippen LogP contribution in [0.3, 0.4) is 0 Å². The van der Waals surface area contributed by atoms with E-state index in [0.717, 1.165) is 16.5 Å². The van der Waals surface area contributed by atoms with Crippen molar-refractivity contribution in [2.24, 2.45) is 0 Å². The highest BCUT2D eigenvalue weighted by Gasteiger charge is 2.21. The van der Waals surface area contributed by atoms with Gasteiger partial charge in [-0.3, -0.25) is 9.89 Å². The number of H-pyrrole nitrogens is 2. The zero-order chi connectivity index (χ0) is 19.4. The quantitative estimate of drug-likeness (QED) is 0.407. The number of methoxy groups -OCH3 is 1. The molecule has 8 heteroatoms. The molecule has 0 aliphatic rings. The van der Waals surface area contributed by atoms with Gasteiger partial charge in [-0.25, -0.2) is 9.78 Å². The van der Waals surface area contributed by atoms with Crippen LogP contribution in [0.4, 0.5) is 0 Å². The molecule has 0 bridgehead atoms. The van der Waals surface area contributed by atoms with Gasteiger partial charge in [0.2, 0.25) is 11.2 Å². The van der Waals surface area contributed by atoms with Gasteiger partial charge in [0.1, 0.15) is 5.52 Å². The Bertz CT molecular complexity index is 1440. The largest absolute Gasteiger partial charge is 0.502 e. The Morgan fingerprint density at radius 2 is 1.89 bits per heavy atom. The SMILES string of the molecule is COC(=O)c1ccc(-c2c3c[nH][nH]c3nc3c2oc2c(O)c(=O)ccc23)cc1. The number of nitrogens with zero attached hydrogens (tertiary/aromatic N) is 1. The van der Waals surface area contributed by atoms with Crippen molar-refractivity contribution in [3.63, 3.8) is 0 Å². The summed E-state index contributed by atoms with van der Waals surface area (Å²) in [5.41, 5.74) is 3.03. The van der Waals surface area contributed by atoms with Crippen molar-refractivity contribution in [3.8, 4) is 16.9 Å². The van der Waals surface area contributed by atoms with Crippen LogP contribution >= 0.6 is 0 Å². The third-order valence-electron chi connectivity index (χ3n) is 4.75.